The van der Waals surface area contributed by atoms with Gasteiger partial charge in [-0.25, -0.2) is 0 Å². The van der Waals surface area contributed by atoms with E-state index >= 15 is 0 Å². The lowest BCUT2D eigenvalue weighted by Gasteiger charge is -2.15. The van der Waals surface area contributed by atoms with E-state index in [1.807, 2.05) is 0 Å². The van der Waals surface area contributed by atoms with Crippen molar-refractivity contribution in [2.24, 2.45) is 5.92 Å². The van der Waals surface area contributed by atoms with Crippen molar-refractivity contribution >= 4 is 0 Å². The van der Waals surface area contributed by atoms with E-state index in [9.17, 15) is 0 Å². The maximum Gasteiger partial charge on any atom is -0.00183 e. The molecule has 1 heterocycles. The molecule has 0 aliphatic carbocycles. The number of rotatable bonds is 5. The Hall–Kier alpha value is -0.0400. The van der Waals surface area contributed by atoms with E-state index in [1.54, 1.807) is 0 Å². The summed E-state index contributed by atoms with van der Waals surface area (Å²) in [6.07, 6.45) is 7.05. The van der Waals surface area contributed by atoms with Crippen LogP contribution >= 0.6 is 0 Å². The van der Waals surface area contributed by atoms with Gasteiger partial charge in [-0.05, 0) is 51.2 Å². The van der Waals surface area contributed by atoms with Crippen molar-refractivity contribution in [2.45, 2.75) is 46.0 Å². The highest BCUT2D eigenvalue weighted by Crippen LogP contribution is 2.12. The van der Waals surface area contributed by atoms with Gasteiger partial charge in [0.25, 0.3) is 0 Å². The molecule has 1 rings (SSSR count). The van der Waals surface area contributed by atoms with E-state index in [0.717, 1.165) is 5.92 Å². The molecule has 0 aromatic heterocycles. The van der Waals surface area contributed by atoms with E-state index in [0.29, 0.717) is 0 Å². The van der Waals surface area contributed by atoms with Crippen molar-refractivity contribution in [1.82, 2.24) is 4.90 Å². The summed E-state index contributed by atoms with van der Waals surface area (Å²) >= 11 is 0. The fourth-order valence-electron chi connectivity index (χ4n) is 1.87. The average Bonchev–Trinajstić information content (AvgIpc) is 2.57. The normalized spacial score (nSPS) is 21.5. The molecule has 0 aromatic rings. The predicted octanol–water partition coefficient (Wildman–Crippen LogP) is 2.91. The van der Waals surface area contributed by atoms with Crippen LogP contribution < -0.4 is 0 Å². The van der Waals surface area contributed by atoms with Gasteiger partial charge in [0.1, 0.15) is 0 Å². The van der Waals surface area contributed by atoms with Gasteiger partial charge >= 0.3 is 0 Å². The van der Waals surface area contributed by atoms with Crippen LogP contribution in [0.5, 0.6) is 0 Å². The van der Waals surface area contributed by atoms with Gasteiger partial charge in [-0.3, -0.25) is 0 Å². The summed E-state index contributed by atoms with van der Waals surface area (Å²) in [7, 11) is 0. The third-order valence-corrected chi connectivity index (χ3v) is 3.07. The molecule has 1 heteroatoms. The highest BCUT2D eigenvalue weighted by molar-refractivity contribution is 4.66. The van der Waals surface area contributed by atoms with Crippen molar-refractivity contribution < 1.29 is 0 Å². The van der Waals surface area contributed by atoms with Gasteiger partial charge < -0.3 is 4.90 Å². The van der Waals surface area contributed by atoms with Crippen molar-refractivity contribution in [3.63, 3.8) is 0 Å². The lowest BCUT2D eigenvalue weighted by atomic mass is 10.0. The van der Waals surface area contributed by atoms with Gasteiger partial charge in [0.05, 0.1) is 0 Å². The fraction of sp³-hybridized carbons (Fsp3) is 1.00. The monoisotopic (exact) mass is 169 g/mol. The topological polar surface area (TPSA) is 3.24 Å². The third-order valence-electron chi connectivity index (χ3n) is 3.07. The minimum atomic E-state index is 0.938. The highest BCUT2D eigenvalue weighted by atomic mass is 15.1. The van der Waals surface area contributed by atoms with Gasteiger partial charge in [-0.15, -0.1) is 0 Å². The van der Waals surface area contributed by atoms with Crippen LogP contribution in [0.4, 0.5) is 0 Å². The zero-order chi connectivity index (χ0) is 8.81. The average molecular weight is 169 g/mol. The van der Waals surface area contributed by atoms with Gasteiger partial charge in [-0.2, -0.15) is 0 Å². The summed E-state index contributed by atoms with van der Waals surface area (Å²) in [5, 5.41) is 0. The SMILES string of the molecule is CCC(C)CCCN1CCCC1. The quantitative estimate of drug-likeness (QED) is 0.611. The summed E-state index contributed by atoms with van der Waals surface area (Å²) in [6, 6.07) is 0. The van der Waals surface area contributed by atoms with Crippen LogP contribution in [-0.2, 0) is 0 Å². The van der Waals surface area contributed by atoms with Crippen LogP contribution in [0.25, 0.3) is 0 Å². The largest absolute Gasteiger partial charge is 0.303 e. The molecule has 1 saturated heterocycles. The van der Waals surface area contributed by atoms with Gasteiger partial charge in [-0.1, -0.05) is 20.3 Å². The second kappa shape index (κ2) is 5.58. The molecule has 0 bridgehead atoms. The minimum absolute atomic E-state index is 0.938. The molecule has 1 atom stereocenters. The molecule has 1 aliphatic heterocycles. The van der Waals surface area contributed by atoms with E-state index in [1.165, 1.54) is 51.7 Å². The Balaban J connectivity index is 1.94. The number of hydrogen-bond donors (Lipinski definition) is 0. The van der Waals surface area contributed by atoms with Crippen LogP contribution in [-0.4, -0.2) is 24.5 Å². The number of hydrogen-bond acceptors (Lipinski definition) is 1. The van der Waals surface area contributed by atoms with Crippen molar-refractivity contribution in [3.05, 3.63) is 0 Å². The standard InChI is InChI=1S/C11H23N/c1-3-11(2)7-6-10-12-8-4-5-9-12/h11H,3-10H2,1-2H3. The van der Waals surface area contributed by atoms with Gasteiger partial charge in [0.15, 0.2) is 0 Å². The molecule has 0 amide bonds. The Morgan fingerprint density at radius 2 is 1.92 bits per heavy atom. The highest BCUT2D eigenvalue weighted by Gasteiger charge is 2.10. The molecule has 0 aromatic carbocycles. The maximum atomic E-state index is 2.61. The first-order chi connectivity index (χ1) is 5.83. The Labute approximate surface area is 77.1 Å². The van der Waals surface area contributed by atoms with Crippen LogP contribution in [0, 0.1) is 5.92 Å². The van der Waals surface area contributed by atoms with E-state index < -0.39 is 0 Å². The van der Waals surface area contributed by atoms with E-state index in [4.69, 9.17) is 0 Å². The first kappa shape index (κ1) is 10.0. The van der Waals surface area contributed by atoms with Crippen LogP contribution in [0.2, 0.25) is 0 Å². The zero-order valence-electron chi connectivity index (χ0n) is 8.68. The van der Waals surface area contributed by atoms with E-state index in [2.05, 4.69) is 18.7 Å². The van der Waals surface area contributed by atoms with Gasteiger partial charge in [0.2, 0.25) is 0 Å². The van der Waals surface area contributed by atoms with Crippen LogP contribution in [0.15, 0.2) is 0 Å². The predicted molar refractivity (Wildman–Crippen MR) is 54.4 cm³/mol. The smallest absolute Gasteiger partial charge is 0.00183 e. The first-order valence-electron chi connectivity index (χ1n) is 5.55. The fourth-order valence-corrected chi connectivity index (χ4v) is 1.87. The molecule has 72 valence electrons. The minimum Gasteiger partial charge on any atom is -0.303 e. The van der Waals surface area contributed by atoms with Crippen LogP contribution in [0.1, 0.15) is 46.0 Å². The summed E-state index contributed by atoms with van der Waals surface area (Å²) < 4.78 is 0. The molecule has 1 aliphatic rings. The Kier molecular flexibility index (Phi) is 4.67. The summed E-state index contributed by atoms with van der Waals surface area (Å²) in [5.74, 6) is 0.938. The van der Waals surface area contributed by atoms with Crippen molar-refractivity contribution in [3.8, 4) is 0 Å². The van der Waals surface area contributed by atoms with Gasteiger partial charge in [0, 0.05) is 0 Å². The Bertz CT molecular complexity index is 106. The molecular formula is C11H23N. The first-order valence-corrected chi connectivity index (χ1v) is 5.55. The summed E-state index contributed by atoms with van der Waals surface area (Å²) in [4.78, 5) is 2.61. The summed E-state index contributed by atoms with van der Waals surface area (Å²) in [6.45, 7) is 8.73. The third kappa shape index (κ3) is 3.57. The molecule has 12 heavy (non-hydrogen) atoms. The van der Waals surface area contributed by atoms with Crippen molar-refractivity contribution in [2.75, 3.05) is 19.6 Å². The van der Waals surface area contributed by atoms with Crippen LogP contribution in [0.3, 0.4) is 0 Å². The Morgan fingerprint density at radius 1 is 1.25 bits per heavy atom. The van der Waals surface area contributed by atoms with E-state index in [-0.39, 0.29) is 0 Å². The zero-order valence-corrected chi connectivity index (χ0v) is 8.68. The molecule has 1 fully saturated rings. The maximum absolute atomic E-state index is 2.61. The number of nitrogens with zero attached hydrogens (tertiary/aromatic N) is 1. The molecule has 0 saturated carbocycles. The lowest BCUT2D eigenvalue weighted by molar-refractivity contribution is 0.317. The number of likely N-dealkylation sites (tertiary alicyclic amines) is 1. The molecule has 0 radical (unpaired) electrons. The molecular weight excluding hydrogens is 146 g/mol. The lowest BCUT2D eigenvalue weighted by Crippen LogP contribution is -2.20. The molecule has 1 unspecified atom stereocenters. The summed E-state index contributed by atoms with van der Waals surface area (Å²) in [5.41, 5.74) is 0. The molecule has 0 N–H and O–H groups in total. The molecule has 0 spiro atoms. The second-order valence-electron chi connectivity index (χ2n) is 4.20. The molecule has 1 nitrogen and oxygen atoms in total. The Morgan fingerprint density at radius 3 is 2.50 bits per heavy atom. The second-order valence-corrected chi connectivity index (χ2v) is 4.20. The van der Waals surface area contributed by atoms with Crippen molar-refractivity contribution in [1.29, 1.82) is 0 Å².